The van der Waals surface area contributed by atoms with Crippen LogP contribution in [-0.2, 0) is 10.0 Å². The second-order valence-electron chi connectivity index (χ2n) is 6.30. The minimum Gasteiger partial charge on any atom is -0.324 e. The summed E-state index contributed by atoms with van der Waals surface area (Å²) in [6.45, 7) is 3.99. The smallest absolute Gasteiger partial charge is 0.321 e. The molecule has 0 bridgehead atoms. The molecule has 2 saturated heterocycles. The fourth-order valence-electron chi connectivity index (χ4n) is 3.58. The van der Waals surface area contributed by atoms with Crippen LogP contribution in [0.4, 0.5) is 10.5 Å². The lowest BCUT2D eigenvalue weighted by molar-refractivity contribution is 0.212. The molecule has 0 unspecified atom stereocenters. The van der Waals surface area contributed by atoms with Crippen molar-refractivity contribution in [2.24, 2.45) is 5.92 Å². The number of hydrogen-bond acceptors (Lipinski definition) is 3. The van der Waals surface area contributed by atoms with E-state index in [2.05, 4.69) is 5.32 Å². The standard InChI is InChI=1S/C16H22ClN3O3S/c1-2-20-11-12-6-8-19(9-7-15(12)24(20,22)23)16(21)18-14-5-3-4-13(17)10-14/h3-5,10,12,15H,2,6-9,11H2,1H3,(H,18,21)/t12-,15-/m1/s1. The summed E-state index contributed by atoms with van der Waals surface area (Å²) >= 11 is 5.93. The van der Waals surface area contributed by atoms with Gasteiger partial charge in [0.05, 0.1) is 5.25 Å². The van der Waals surface area contributed by atoms with Crippen LogP contribution in [-0.4, -0.2) is 55.1 Å². The molecule has 2 aliphatic heterocycles. The quantitative estimate of drug-likeness (QED) is 0.868. The number of sulfonamides is 1. The topological polar surface area (TPSA) is 69.7 Å². The van der Waals surface area contributed by atoms with Crippen molar-refractivity contribution in [1.29, 1.82) is 0 Å². The number of rotatable bonds is 2. The third-order valence-electron chi connectivity index (χ3n) is 4.88. The molecule has 2 amide bonds. The number of hydrogen-bond donors (Lipinski definition) is 1. The molecule has 2 fully saturated rings. The van der Waals surface area contributed by atoms with Gasteiger partial charge in [-0.25, -0.2) is 17.5 Å². The Bertz CT molecular complexity index is 725. The van der Waals surface area contributed by atoms with Gasteiger partial charge in [0.15, 0.2) is 0 Å². The summed E-state index contributed by atoms with van der Waals surface area (Å²) in [4.78, 5) is 14.1. The Balaban J connectivity index is 1.66. The van der Waals surface area contributed by atoms with E-state index in [-0.39, 0.29) is 17.2 Å². The molecule has 3 rings (SSSR count). The average Bonchev–Trinajstić information content (AvgIpc) is 2.68. The molecule has 0 saturated carbocycles. The number of fused-ring (bicyclic) bond motifs is 1. The SMILES string of the molecule is CCN1C[C@H]2CCN(C(=O)Nc3cccc(Cl)c3)CC[C@H]2S1(=O)=O. The monoisotopic (exact) mass is 371 g/mol. The maximum atomic E-state index is 12.5. The van der Waals surface area contributed by atoms with Gasteiger partial charge in [-0.15, -0.1) is 0 Å². The first kappa shape index (κ1) is 17.5. The van der Waals surface area contributed by atoms with E-state index >= 15 is 0 Å². The number of carbonyl (C=O) groups excluding carboxylic acids is 1. The summed E-state index contributed by atoms with van der Waals surface area (Å²) in [6.07, 6.45) is 1.20. The molecule has 0 spiro atoms. The van der Waals surface area contributed by atoms with E-state index in [1.54, 1.807) is 33.5 Å². The number of carbonyl (C=O) groups is 1. The molecule has 1 aromatic rings. The molecule has 0 aliphatic carbocycles. The minimum absolute atomic E-state index is 0.110. The molecule has 2 atom stereocenters. The van der Waals surface area contributed by atoms with E-state index in [0.717, 1.165) is 0 Å². The first-order valence-electron chi connectivity index (χ1n) is 8.22. The highest BCUT2D eigenvalue weighted by Crippen LogP contribution is 2.34. The Morgan fingerprint density at radius 3 is 2.79 bits per heavy atom. The van der Waals surface area contributed by atoms with Crippen LogP contribution < -0.4 is 5.32 Å². The van der Waals surface area contributed by atoms with Gasteiger partial charge in [-0.05, 0) is 37.0 Å². The molecule has 1 N–H and O–H groups in total. The minimum atomic E-state index is -3.22. The Morgan fingerprint density at radius 2 is 2.08 bits per heavy atom. The number of likely N-dealkylation sites (tertiary alicyclic amines) is 1. The number of benzene rings is 1. The predicted molar refractivity (Wildman–Crippen MR) is 94.7 cm³/mol. The van der Waals surface area contributed by atoms with Crippen LogP contribution in [0.25, 0.3) is 0 Å². The van der Waals surface area contributed by atoms with Crippen molar-refractivity contribution in [3.05, 3.63) is 29.3 Å². The van der Waals surface area contributed by atoms with Crippen molar-refractivity contribution < 1.29 is 13.2 Å². The second kappa shape index (κ2) is 6.90. The molecule has 0 radical (unpaired) electrons. The highest BCUT2D eigenvalue weighted by Gasteiger charge is 2.46. The lowest BCUT2D eigenvalue weighted by Crippen LogP contribution is -2.37. The van der Waals surface area contributed by atoms with Gasteiger partial charge in [-0.3, -0.25) is 0 Å². The van der Waals surface area contributed by atoms with Gasteiger partial charge < -0.3 is 10.2 Å². The third kappa shape index (κ3) is 3.38. The molecule has 6 nitrogen and oxygen atoms in total. The van der Waals surface area contributed by atoms with Crippen LogP contribution in [0.3, 0.4) is 0 Å². The Morgan fingerprint density at radius 1 is 1.33 bits per heavy atom. The summed E-state index contributed by atoms with van der Waals surface area (Å²) in [5.74, 6) is 0.110. The highest BCUT2D eigenvalue weighted by atomic mass is 35.5. The van der Waals surface area contributed by atoms with Crippen LogP contribution in [0.1, 0.15) is 19.8 Å². The number of urea groups is 1. The maximum absolute atomic E-state index is 12.5. The Hall–Kier alpha value is -1.31. The molecule has 24 heavy (non-hydrogen) atoms. The average molecular weight is 372 g/mol. The molecule has 2 heterocycles. The lowest BCUT2D eigenvalue weighted by Gasteiger charge is -2.22. The zero-order valence-corrected chi connectivity index (χ0v) is 15.2. The first-order chi connectivity index (χ1) is 11.4. The van der Waals surface area contributed by atoms with Crippen molar-refractivity contribution in [1.82, 2.24) is 9.21 Å². The Labute approximate surface area is 147 Å². The van der Waals surface area contributed by atoms with Crippen molar-refractivity contribution in [2.45, 2.75) is 25.0 Å². The highest BCUT2D eigenvalue weighted by molar-refractivity contribution is 7.90. The summed E-state index contributed by atoms with van der Waals surface area (Å²) < 4.78 is 26.6. The predicted octanol–water partition coefficient (Wildman–Crippen LogP) is 2.62. The lowest BCUT2D eigenvalue weighted by atomic mass is 10.0. The summed E-state index contributed by atoms with van der Waals surface area (Å²) in [5, 5.41) is 3.03. The number of anilines is 1. The fraction of sp³-hybridized carbons (Fsp3) is 0.562. The fourth-order valence-corrected chi connectivity index (χ4v) is 6.02. The molecule has 0 aromatic heterocycles. The largest absolute Gasteiger partial charge is 0.324 e. The number of amides is 2. The molecular formula is C16H22ClN3O3S. The van der Waals surface area contributed by atoms with E-state index in [1.165, 1.54) is 0 Å². The van der Waals surface area contributed by atoms with E-state index in [4.69, 9.17) is 11.6 Å². The zero-order chi connectivity index (χ0) is 17.3. The van der Waals surface area contributed by atoms with E-state index in [9.17, 15) is 13.2 Å². The van der Waals surface area contributed by atoms with E-state index < -0.39 is 10.0 Å². The van der Waals surface area contributed by atoms with Crippen LogP contribution in [0.2, 0.25) is 5.02 Å². The van der Waals surface area contributed by atoms with Gasteiger partial charge in [0, 0.05) is 36.9 Å². The molecule has 132 valence electrons. The van der Waals surface area contributed by atoms with E-state index in [1.807, 2.05) is 6.92 Å². The van der Waals surface area contributed by atoms with Crippen molar-refractivity contribution in [2.75, 3.05) is 31.5 Å². The summed E-state index contributed by atoms with van der Waals surface area (Å²) in [6, 6.07) is 6.78. The summed E-state index contributed by atoms with van der Waals surface area (Å²) in [7, 11) is -3.22. The van der Waals surface area contributed by atoms with Gasteiger partial charge in [-0.2, -0.15) is 0 Å². The molecule has 1 aromatic carbocycles. The summed E-state index contributed by atoms with van der Waals surface area (Å²) in [5.41, 5.74) is 0.640. The van der Waals surface area contributed by atoms with Gasteiger partial charge >= 0.3 is 6.03 Å². The molecule has 2 aliphatic rings. The van der Waals surface area contributed by atoms with Gasteiger partial charge in [0.2, 0.25) is 10.0 Å². The van der Waals surface area contributed by atoms with Gasteiger partial charge in [0.1, 0.15) is 0 Å². The zero-order valence-electron chi connectivity index (χ0n) is 13.6. The second-order valence-corrected chi connectivity index (χ2v) is 8.89. The van der Waals surface area contributed by atoms with Gasteiger partial charge in [0.25, 0.3) is 0 Å². The first-order valence-corrected chi connectivity index (χ1v) is 10.1. The molecular weight excluding hydrogens is 350 g/mol. The van der Waals surface area contributed by atoms with Crippen LogP contribution >= 0.6 is 11.6 Å². The number of halogens is 1. The third-order valence-corrected chi connectivity index (χ3v) is 7.62. The van der Waals surface area contributed by atoms with Crippen molar-refractivity contribution in [3.63, 3.8) is 0 Å². The normalized spacial score (nSPS) is 26.7. The van der Waals surface area contributed by atoms with Crippen molar-refractivity contribution in [3.8, 4) is 0 Å². The molecule has 8 heteroatoms. The number of nitrogens with one attached hydrogen (secondary N) is 1. The van der Waals surface area contributed by atoms with Crippen LogP contribution in [0, 0.1) is 5.92 Å². The van der Waals surface area contributed by atoms with Gasteiger partial charge in [-0.1, -0.05) is 24.6 Å². The maximum Gasteiger partial charge on any atom is 0.321 e. The van der Waals surface area contributed by atoms with E-state index in [0.29, 0.717) is 49.7 Å². The van der Waals surface area contributed by atoms with Crippen LogP contribution in [0.5, 0.6) is 0 Å². The Kier molecular flexibility index (Phi) is 5.03. The van der Waals surface area contributed by atoms with Crippen molar-refractivity contribution >= 4 is 33.3 Å². The van der Waals surface area contributed by atoms with Crippen LogP contribution in [0.15, 0.2) is 24.3 Å². The number of nitrogens with zero attached hydrogens (tertiary/aromatic N) is 2.